The Hall–Kier alpha value is -1.50. The van der Waals surface area contributed by atoms with Crippen LogP contribution in [0.5, 0.6) is 0 Å². The van der Waals surface area contributed by atoms with Crippen LogP contribution in [-0.2, 0) is 10.0 Å². The molecular weight excluding hydrogens is 303 g/mol. The van der Waals surface area contributed by atoms with Crippen LogP contribution in [0, 0.1) is 5.82 Å². The first-order valence-electron chi connectivity index (χ1n) is 7.41. The average Bonchev–Trinajstić information content (AvgIpc) is 2.72. The van der Waals surface area contributed by atoms with Gasteiger partial charge in [0.15, 0.2) is 0 Å². The highest BCUT2D eigenvalue weighted by Gasteiger charge is 2.31. The molecule has 1 saturated heterocycles. The fourth-order valence-electron chi connectivity index (χ4n) is 2.95. The molecule has 1 fully saturated rings. The van der Waals surface area contributed by atoms with Crippen LogP contribution in [0.25, 0.3) is 10.8 Å². The molecule has 1 N–H and O–H groups in total. The number of benzene rings is 2. The van der Waals surface area contributed by atoms with Gasteiger partial charge in [-0.1, -0.05) is 24.3 Å². The Morgan fingerprint density at radius 3 is 2.73 bits per heavy atom. The van der Waals surface area contributed by atoms with Gasteiger partial charge < -0.3 is 5.32 Å². The zero-order valence-electron chi connectivity index (χ0n) is 12.4. The Labute approximate surface area is 130 Å². The smallest absolute Gasteiger partial charge is 0.244 e. The van der Waals surface area contributed by atoms with Crippen molar-refractivity contribution in [3.63, 3.8) is 0 Å². The van der Waals surface area contributed by atoms with Crippen LogP contribution in [0.4, 0.5) is 4.39 Å². The van der Waals surface area contributed by atoms with Gasteiger partial charge in [-0.25, -0.2) is 12.8 Å². The van der Waals surface area contributed by atoms with Crippen molar-refractivity contribution < 1.29 is 12.8 Å². The number of nitrogens with zero attached hydrogens (tertiary/aromatic N) is 1. The fraction of sp³-hybridized carbons (Fsp3) is 0.375. The van der Waals surface area contributed by atoms with E-state index < -0.39 is 15.8 Å². The zero-order chi connectivity index (χ0) is 15.7. The normalized spacial score (nSPS) is 20.9. The molecule has 6 heteroatoms. The quantitative estimate of drug-likeness (QED) is 0.923. The van der Waals surface area contributed by atoms with Crippen molar-refractivity contribution in [2.75, 3.05) is 19.6 Å². The van der Waals surface area contributed by atoms with Crippen LogP contribution < -0.4 is 5.32 Å². The highest BCUT2D eigenvalue weighted by molar-refractivity contribution is 7.89. The largest absolute Gasteiger partial charge is 0.315 e. The molecule has 2 aromatic carbocycles. The van der Waals surface area contributed by atoms with E-state index in [-0.39, 0.29) is 16.3 Å². The number of fused-ring (bicyclic) bond motifs is 1. The SMILES string of the molecule is C[C@H]1CNCCCN1S(=O)(=O)c1cccc2cccc(F)c12. The van der Waals surface area contributed by atoms with Gasteiger partial charge in [-0.3, -0.25) is 0 Å². The minimum atomic E-state index is -3.73. The Bertz CT molecular complexity index is 787. The van der Waals surface area contributed by atoms with E-state index in [1.54, 1.807) is 24.3 Å². The molecular formula is C16H19FN2O2S. The highest BCUT2D eigenvalue weighted by Crippen LogP contribution is 2.29. The van der Waals surface area contributed by atoms with Crippen LogP contribution in [0.3, 0.4) is 0 Å². The van der Waals surface area contributed by atoms with Crippen LogP contribution in [-0.4, -0.2) is 38.4 Å². The Morgan fingerprint density at radius 2 is 1.95 bits per heavy atom. The van der Waals surface area contributed by atoms with Crippen LogP contribution >= 0.6 is 0 Å². The van der Waals surface area contributed by atoms with Crippen LogP contribution in [0.2, 0.25) is 0 Å². The maximum Gasteiger partial charge on any atom is 0.244 e. The van der Waals surface area contributed by atoms with E-state index >= 15 is 0 Å². The van der Waals surface area contributed by atoms with Gasteiger partial charge >= 0.3 is 0 Å². The number of halogens is 1. The number of rotatable bonds is 2. The second-order valence-electron chi connectivity index (χ2n) is 5.62. The van der Waals surface area contributed by atoms with Crippen molar-refractivity contribution >= 4 is 20.8 Å². The molecule has 0 saturated carbocycles. The van der Waals surface area contributed by atoms with E-state index in [4.69, 9.17) is 0 Å². The van der Waals surface area contributed by atoms with Crippen LogP contribution in [0.1, 0.15) is 13.3 Å². The first kappa shape index (κ1) is 15.4. The summed E-state index contributed by atoms with van der Waals surface area (Å²) in [5.74, 6) is -0.503. The molecule has 2 aromatic rings. The van der Waals surface area contributed by atoms with Gasteiger partial charge in [0.05, 0.1) is 4.90 Å². The first-order chi connectivity index (χ1) is 10.5. The maximum absolute atomic E-state index is 14.2. The molecule has 0 unspecified atom stereocenters. The van der Waals surface area contributed by atoms with E-state index in [2.05, 4.69) is 5.32 Å². The van der Waals surface area contributed by atoms with Crippen molar-refractivity contribution in [1.29, 1.82) is 0 Å². The summed E-state index contributed by atoms with van der Waals surface area (Å²) in [5, 5.41) is 3.99. The second kappa shape index (κ2) is 5.95. The second-order valence-corrected chi connectivity index (χ2v) is 7.48. The van der Waals surface area contributed by atoms with Crippen molar-refractivity contribution in [3.8, 4) is 0 Å². The van der Waals surface area contributed by atoms with Crippen molar-refractivity contribution in [3.05, 3.63) is 42.2 Å². The molecule has 0 spiro atoms. The summed E-state index contributed by atoms with van der Waals surface area (Å²) in [6.45, 7) is 3.71. The lowest BCUT2D eigenvalue weighted by Crippen LogP contribution is -2.41. The standard InChI is InChI=1S/C16H19FN2O2S/c1-12-11-18-9-4-10-19(12)22(20,21)15-8-3-6-13-5-2-7-14(17)16(13)15/h2-3,5-8,12,18H,4,9-11H2,1H3/t12-/m0/s1. The molecule has 0 aromatic heterocycles. The van der Waals surface area contributed by atoms with Gasteiger partial charge in [0.2, 0.25) is 10.0 Å². The molecule has 1 heterocycles. The highest BCUT2D eigenvalue weighted by atomic mass is 32.2. The third-order valence-corrected chi connectivity index (χ3v) is 6.12. The molecule has 0 amide bonds. The molecule has 0 radical (unpaired) electrons. The number of hydrogen-bond acceptors (Lipinski definition) is 3. The molecule has 1 aliphatic heterocycles. The van der Waals surface area contributed by atoms with E-state index in [1.165, 1.54) is 16.4 Å². The summed E-state index contributed by atoms with van der Waals surface area (Å²) in [4.78, 5) is 0.0526. The minimum absolute atomic E-state index is 0.0526. The molecule has 0 bridgehead atoms. The summed E-state index contributed by atoms with van der Waals surface area (Å²) < 4.78 is 41.8. The predicted molar refractivity (Wildman–Crippen MR) is 84.7 cm³/mol. The zero-order valence-corrected chi connectivity index (χ0v) is 13.2. The lowest BCUT2D eigenvalue weighted by molar-refractivity contribution is 0.353. The predicted octanol–water partition coefficient (Wildman–Crippen LogP) is 2.35. The van der Waals surface area contributed by atoms with Crippen molar-refractivity contribution in [2.45, 2.75) is 24.3 Å². The van der Waals surface area contributed by atoms with Gasteiger partial charge in [0.25, 0.3) is 0 Å². The van der Waals surface area contributed by atoms with Gasteiger partial charge in [-0.05, 0) is 37.4 Å². The first-order valence-corrected chi connectivity index (χ1v) is 8.85. The molecule has 3 rings (SSSR count). The number of sulfonamides is 1. The Kier molecular flexibility index (Phi) is 4.16. The van der Waals surface area contributed by atoms with E-state index in [0.29, 0.717) is 18.5 Å². The summed E-state index contributed by atoms with van der Waals surface area (Å²) in [6, 6.07) is 9.34. The monoisotopic (exact) mass is 322 g/mol. The topological polar surface area (TPSA) is 49.4 Å². The van der Waals surface area contributed by atoms with Crippen LogP contribution in [0.15, 0.2) is 41.3 Å². The molecule has 4 nitrogen and oxygen atoms in total. The van der Waals surface area contributed by atoms with Gasteiger partial charge in [-0.15, -0.1) is 0 Å². The Morgan fingerprint density at radius 1 is 1.23 bits per heavy atom. The molecule has 118 valence electrons. The molecule has 1 aliphatic rings. The lowest BCUT2D eigenvalue weighted by atomic mass is 10.1. The Balaban J connectivity index is 2.17. The lowest BCUT2D eigenvalue weighted by Gasteiger charge is -2.26. The van der Waals surface area contributed by atoms with E-state index in [0.717, 1.165) is 13.0 Å². The molecule has 0 aliphatic carbocycles. The fourth-order valence-corrected chi connectivity index (χ4v) is 4.85. The average molecular weight is 322 g/mol. The van der Waals surface area contributed by atoms with Gasteiger partial charge in [-0.2, -0.15) is 4.31 Å². The number of hydrogen-bond donors (Lipinski definition) is 1. The third kappa shape index (κ3) is 2.62. The van der Waals surface area contributed by atoms with Gasteiger partial charge in [0.1, 0.15) is 5.82 Å². The summed E-state index contributed by atoms with van der Waals surface area (Å²) >= 11 is 0. The summed E-state index contributed by atoms with van der Waals surface area (Å²) in [5.41, 5.74) is 0. The minimum Gasteiger partial charge on any atom is -0.315 e. The van der Waals surface area contributed by atoms with Gasteiger partial charge in [0, 0.05) is 24.5 Å². The number of nitrogens with one attached hydrogen (secondary N) is 1. The summed E-state index contributed by atoms with van der Waals surface area (Å²) in [7, 11) is -3.73. The summed E-state index contributed by atoms with van der Waals surface area (Å²) in [6.07, 6.45) is 0.747. The van der Waals surface area contributed by atoms with Crippen molar-refractivity contribution in [2.24, 2.45) is 0 Å². The van der Waals surface area contributed by atoms with E-state index in [1.807, 2.05) is 6.92 Å². The third-order valence-electron chi connectivity index (χ3n) is 4.07. The maximum atomic E-state index is 14.2. The molecule has 22 heavy (non-hydrogen) atoms. The van der Waals surface area contributed by atoms with Crippen molar-refractivity contribution in [1.82, 2.24) is 9.62 Å². The molecule has 1 atom stereocenters. The van der Waals surface area contributed by atoms with E-state index in [9.17, 15) is 12.8 Å².